The molecule has 25 heavy (non-hydrogen) atoms. The maximum absolute atomic E-state index is 12.0. The molecule has 0 spiro atoms. The van der Waals surface area contributed by atoms with E-state index < -0.39 is 43.2 Å². The van der Waals surface area contributed by atoms with Crippen molar-refractivity contribution in [1.82, 2.24) is 16.0 Å². The first-order valence-corrected chi connectivity index (χ1v) is 9.22. The van der Waals surface area contributed by atoms with E-state index in [2.05, 4.69) is 16.0 Å². The lowest BCUT2D eigenvalue weighted by molar-refractivity contribution is -0.129. The van der Waals surface area contributed by atoms with Crippen LogP contribution in [0.5, 0.6) is 0 Å². The molecule has 1 aromatic rings. The van der Waals surface area contributed by atoms with E-state index in [0.29, 0.717) is 5.56 Å². The predicted molar refractivity (Wildman–Crippen MR) is 90.6 cm³/mol. The van der Waals surface area contributed by atoms with Crippen LogP contribution in [-0.4, -0.2) is 45.4 Å². The van der Waals surface area contributed by atoms with E-state index in [0.717, 1.165) is 6.92 Å². The fourth-order valence-electron chi connectivity index (χ4n) is 1.75. The second-order valence-electron chi connectivity index (χ2n) is 5.57. The minimum absolute atomic E-state index is 0.392. The van der Waals surface area contributed by atoms with Crippen LogP contribution in [0.3, 0.4) is 0 Å². The first kappa shape index (κ1) is 20.8. The Morgan fingerprint density at radius 1 is 0.880 bits per heavy atom. The van der Waals surface area contributed by atoms with Crippen molar-refractivity contribution in [3.8, 4) is 0 Å². The molecule has 9 nitrogen and oxygen atoms in total. The summed E-state index contributed by atoms with van der Waals surface area (Å²) in [6.07, 6.45) is 0. The Kier molecular flexibility index (Phi) is 7.29. The summed E-state index contributed by atoms with van der Waals surface area (Å²) in [5.74, 6) is -3.15. The van der Waals surface area contributed by atoms with Crippen LogP contribution < -0.4 is 16.0 Å². The molecule has 0 aliphatic rings. The SMILES string of the molecule is CC(NC(=O)c1ccccc1)C(=O)NC(C)C(=O)NC(C)P(=O)(O)O. The van der Waals surface area contributed by atoms with Crippen LogP contribution in [0.15, 0.2) is 30.3 Å². The van der Waals surface area contributed by atoms with Crippen molar-refractivity contribution < 1.29 is 28.7 Å². The lowest BCUT2D eigenvalue weighted by Crippen LogP contribution is -2.52. The average molecular weight is 371 g/mol. The fourth-order valence-corrected chi connectivity index (χ4v) is 2.05. The summed E-state index contributed by atoms with van der Waals surface area (Å²) in [4.78, 5) is 53.8. The van der Waals surface area contributed by atoms with Gasteiger partial charge in [-0.15, -0.1) is 0 Å². The lowest BCUT2D eigenvalue weighted by atomic mass is 10.2. The maximum atomic E-state index is 12.0. The monoisotopic (exact) mass is 371 g/mol. The van der Waals surface area contributed by atoms with Gasteiger partial charge in [0, 0.05) is 5.56 Å². The molecule has 1 rings (SSSR count). The Bertz CT molecular complexity index is 675. The van der Waals surface area contributed by atoms with Gasteiger partial charge in [-0.2, -0.15) is 0 Å². The number of benzene rings is 1. The number of carbonyl (C=O) groups excluding carboxylic acids is 3. The molecule has 0 aliphatic heterocycles. The zero-order valence-electron chi connectivity index (χ0n) is 14.1. The molecule has 3 atom stereocenters. The first-order valence-electron chi connectivity index (χ1n) is 7.54. The summed E-state index contributed by atoms with van der Waals surface area (Å²) in [5, 5.41) is 7.00. The first-order chi connectivity index (χ1) is 11.5. The molecule has 0 fully saturated rings. The number of hydrogen-bond acceptors (Lipinski definition) is 4. The Balaban J connectivity index is 2.55. The molecule has 0 aliphatic carbocycles. The minimum Gasteiger partial charge on any atom is -0.343 e. The van der Waals surface area contributed by atoms with Gasteiger partial charge in [0.15, 0.2) is 0 Å². The van der Waals surface area contributed by atoms with Gasteiger partial charge in [-0.3, -0.25) is 18.9 Å². The molecule has 5 N–H and O–H groups in total. The third-order valence-electron chi connectivity index (χ3n) is 3.38. The normalized spacial score (nSPS) is 14.8. The van der Waals surface area contributed by atoms with Crippen LogP contribution in [0.4, 0.5) is 0 Å². The Hall–Kier alpha value is -2.22. The highest BCUT2D eigenvalue weighted by Crippen LogP contribution is 2.39. The van der Waals surface area contributed by atoms with Crippen molar-refractivity contribution in [3.63, 3.8) is 0 Å². The Labute approximate surface area is 145 Å². The van der Waals surface area contributed by atoms with E-state index in [1.54, 1.807) is 30.3 Å². The number of rotatable bonds is 7. The van der Waals surface area contributed by atoms with Gasteiger partial charge in [-0.1, -0.05) is 18.2 Å². The summed E-state index contributed by atoms with van der Waals surface area (Å²) in [5.41, 5.74) is 0.392. The standard InChI is InChI=1S/C15H22N3O6P/c1-9(17-15(21)12-7-5-4-6-8-12)13(19)16-10(2)14(20)18-11(3)25(22,23)24/h4-11H,1-3H3,(H,16,19)(H,17,21)(H,18,20)(H2,22,23,24). The van der Waals surface area contributed by atoms with Crippen molar-refractivity contribution >= 4 is 25.3 Å². The maximum Gasteiger partial charge on any atom is 0.347 e. The molecular formula is C15H22N3O6P. The van der Waals surface area contributed by atoms with Gasteiger partial charge in [-0.05, 0) is 32.9 Å². The van der Waals surface area contributed by atoms with Crippen molar-refractivity contribution in [1.29, 1.82) is 0 Å². The highest BCUT2D eigenvalue weighted by molar-refractivity contribution is 7.52. The molecule has 1 aromatic carbocycles. The van der Waals surface area contributed by atoms with Crippen LogP contribution in [-0.2, 0) is 14.2 Å². The van der Waals surface area contributed by atoms with Crippen molar-refractivity contribution in [2.75, 3.05) is 0 Å². The van der Waals surface area contributed by atoms with Gasteiger partial charge >= 0.3 is 7.60 Å². The smallest absolute Gasteiger partial charge is 0.343 e. The fraction of sp³-hybridized carbons (Fsp3) is 0.400. The predicted octanol–water partition coefficient (Wildman–Crippen LogP) is -0.0505. The van der Waals surface area contributed by atoms with Gasteiger partial charge in [0.2, 0.25) is 11.8 Å². The van der Waals surface area contributed by atoms with Crippen LogP contribution in [0.25, 0.3) is 0 Å². The van der Waals surface area contributed by atoms with E-state index in [-0.39, 0.29) is 0 Å². The van der Waals surface area contributed by atoms with Crippen molar-refractivity contribution in [2.45, 2.75) is 38.6 Å². The molecular weight excluding hydrogens is 349 g/mol. The molecule has 138 valence electrons. The molecule has 0 saturated heterocycles. The number of hydrogen-bond donors (Lipinski definition) is 5. The van der Waals surface area contributed by atoms with Crippen LogP contribution in [0.2, 0.25) is 0 Å². The third-order valence-corrected chi connectivity index (χ3v) is 4.52. The van der Waals surface area contributed by atoms with Crippen molar-refractivity contribution in [3.05, 3.63) is 35.9 Å². The van der Waals surface area contributed by atoms with Gasteiger partial charge < -0.3 is 25.7 Å². The molecule has 0 heterocycles. The van der Waals surface area contributed by atoms with Gasteiger partial charge in [0.1, 0.15) is 17.9 Å². The molecule has 0 aromatic heterocycles. The lowest BCUT2D eigenvalue weighted by Gasteiger charge is -2.21. The molecule has 0 saturated carbocycles. The highest BCUT2D eigenvalue weighted by Gasteiger charge is 2.28. The molecule has 3 unspecified atom stereocenters. The summed E-state index contributed by atoms with van der Waals surface area (Å²) in [6.45, 7) is 3.99. The van der Waals surface area contributed by atoms with E-state index in [9.17, 15) is 18.9 Å². The molecule has 10 heteroatoms. The van der Waals surface area contributed by atoms with Crippen LogP contribution in [0.1, 0.15) is 31.1 Å². The summed E-state index contributed by atoms with van der Waals surface area (Å²) in [6, 6.07) is 6.40. The zero-order chi connectivity index (χ0) is 19.2. The topological polar surface area (TPSA) is 145 Å². The number of nitrogens with one attached hydrogen (secondary N) is 3. The molecule has 0 radical (unpaired) electrons. The van der Waals surface area contributed by atoms with Crippen LogP contribution >= 0.6 is 7.60 Å². The van der Waals surface area contributed by atoms with Crippen LogP contribution in [0, 0.1) is 0 Å². The number of carbonyl (C=O) groups is 3. The highest BCUT2D eigenvalue weighted by atomic mass is 31.2. The second-order valence-corrected chi connectivity index (χ2v) is 7.52. The third kappa shape index (κ3) is 6.66. The average Bonchev–Trinajstić information content (AvgIpc) is 2.54. The summed E-state index contributed by atoms with van der Waals surface area (Å²) >= 11 is 0. The van der Waals surface area contributed by atoms with E-state index in [1.807, 2.05) is 0 Å². The van der Waals surface area contributed by atoms with Gasteiger partial charge in [0.05, 0.1) is 0 Å². The van der Waals surface area contributed by atoms with E-state index in [4.69, 9.17) is 9.79 Å². The quantitative estimate of drug-likeness (QED) is 0.425. The van der Waals surface area contributed by atoms with Gasteiger partial charge in [0.25, 0.3) is 5.91 Å². The minimum atomic E-state index is -4.46. The Morgan fingerprint density at radius 3 is 1.88 bits per heavy atom. The largest absolute Gasteiger partial charge is 0.347 e. The van der Waals surface area contributed by atoms with E-state index >= 15 is 0 Å². The molecule has 0 bridgehead atoms. The summed E-state index contributed by atoms with van der Waals surface area (Å²) < 4.78 is 11.0. The second kappa shape index (κ2) is 8.75. The Morgan fingerprint density at radius 2 is 1.36 bits per heavy atom. The van der Waals surface area contributed by atoms with Crippen molar-refractivity contribution in [2.24, 2.45) is 0 Å². The summed E-state index contributed by atoms with van der Waals surface area (Å²) in [7, 11) is -4.46. The zero-order valence-corrected chi connectivity index (χ0v) is 15.0. The molecule has 3 amide bonds. The number of amides is 3. The van der Waals surface area contributed by atoms with Gasteiger partial charge in [-0.25, -0.2) is 0 Å². The van der Waals surface area contributed by atoms with E-state index in [1.165, 1.54) is 13.8 Å².